The van der Waals surface area contributed by atoms with E-state index in [2.05, 4.69) is 11.9 Å². The summed E-state index contributed by atoms with van der Waals surface area (Å²) < 4.78 is 5.27. The summed E-state index contributed by atoms with van der Waals surface area (Å²) in [7, 11) is 3.36. The van der Waals surface area contributed by atoms with Gasteiger partial charge in [0.2, 0.25) is 0 Å². The highest BCUT2D eigenvalue weighted by atomic mass is 16.5. The number of hydrogen-bond donors (Lipinski definition) is 2. The minimum atomic E-state index is -0.631. The largest absolute Gasteiger partial charge is 0.388 e. The number of nitrogens with zero attached hydrogens (tertiary/aromatic N) is 1. The number of ether oxygens (including phenoxy) is 1. The predicted octanol–water partition coefficient (Wildman–Crippen LogP) is 2.40. The second kappa shape index (κ2) is 5.98. The average Bonchev–Trinajstić information content (AvgIpc) is 3.06. The molecule has 1 amide bonds. The Morgan fingerprint density at radius 1 is 1.35 bits per heavy atom. The van der Waals surface area contributed by atoms with Crippen LogP contribution in [0, 0.1) is 13.8 Å². The van der Waals surface area contributed by atoms with Crippen molar-refractivity contribution in [2.45, 2.75) is 44.9 Å². The molecule has 5 nitrogen and oxygen atoms in total. The Balaban J connectivity index is 1.86. The number of aryl methyl sites for hydroxylation is 2. The second-order valence-electron chi connectivity index (χ2n) is 6.46. The molecule has 0 aliphatic heterocycles. The molecule has 0 spiro atoms. The van der Waals surface area contributed by atoms with E-state index in [9.17, 15) is 9.90 Å². The molecule has 0 saturated heterocycles. The zero-order valence-electron chi connectivity index (χ0n) is 14.1. The summed E-state index contributed by atoms with van der Waals surface area (Å²) in [6, 6.07) is 5.52. The predicted molar refractivity (Wildman–Crippen MR) is 89.7 cm³/mol. The lowest BCUT2D eigenvalue weighted by atomic mass is 10.1. The molecule has 2 N–H and O–H groups in total. The molecule has 0 bridgehead atoms. The van der Waals surface area contributed by atoms with E-state index in [-0.39, 0.29) is 18.1 Å². The van der Waals surface area contributed by atoms with Gasteiger partial charge in [0.05, 0.1) is 12.1 Å². The molecule has 124 valence electrons. The summed E-state index contributed by atoms with van der Waals surface area (Å²) in [5.41, 5.74) is 3.97. The number of hydrogen-bond acceptors (Lipinski definition) is 3. The van der Waals surface area contributed by atoms with Crippen molar-refractivity contribution in [3.05, 3.63) is 35.0 Å². The fourth-order valence-electron chi connectivity index (χ4n) is 3.55. The van der Waals surface area contributed by atoms with Crippen molar-refractivity contribution in [3.63, 3.8) is 0 Å². The first kappa shape index (κ1) is 16.0. The number of carbonyl (C=O) groups is 1. The molecule has 0 radical (unpaired) electrons. The molecule has 1 fully saturated rings. The van der Waals surface area contributed by atoms with Crippen molar-refractivity contribution in [2.24, 2.45) is 0 Å². The smallest absolute Gasteiger partial charge is 0.253 e. The number of H-pyrrole nitrogens is 1. The topological polar surface area (TPSA) is 65.6 Å². The molecule has 1 aromatic carbocycles. The molecule has 3 rings (SSSR count). The lowest BCUT2D eigenvalue weighted by molar-refractivity contribution is -0.0156. The summed E-state index contributed by atoms with van der Waals surface area (Å²) >= 11 is 0. The van der Waals surface area contributed by atoms with Crippen LogP contribution in [0.2, 0.25) is 0 Å². The van der Waals surface area contributed by atoms with Gasteiger partial charge in [-0.25, -0.2) is 0 Å². The highest BCUT2D eigenvalue weighted by Crippen LogP contribution is 2.28. The van der Waals surface area contributed by atoms with Gasteiger partial charge in [0.1, 0.15) is 6.10 Å². The van der Waals surface area contributed by atoms with Crippen molar-refractivity contribution in [3.8, 4) is 0 Å². The number of nitrogens with one attached hydrogen (secondary N) is 1. The fraction of sp³-hybridized carbons (Fsp3) is 0.500. The number of aromatic nitrogens is 1. The fourth-order valence-corrected chi connectivity index (χ4v) is 3.55. The first-order chi connectivity index (χ1) is 10.9. The van der Waals surface area contributed by atoms with E-state index < -0.39 is 6.10 Å². The second-order valence-corrected chi connectivity index (χ2v) is 6.46. The number of benzene rings is 1. The molecule has 5 heteroatoms. The Morgan fingerprint density at radius 2 is 2.09 bits per heavy atom. The van der Waals surface area contributed by atoms with Gasteiger partial charge in [-0.1, -0.05) is 0 Å². The number of carbonyl (C=O) groups excluding carboxylic acids is 1. The maximum absolute atomic E-state index is 12.8. The Labute approximate surface area is 136 Å². The Morgan fingerprint density at radius 3 is 2.74 bits per heavy atom. The summed E-state index contributed by atoms with van der Waals surface area (Å²) in [6.45, 7) is 4.08. The standard InChI is InChI=1S/C18H24N2O3/c1-10-11(2)19-14-6-5-12(9-13(10)14)18(22)20(3)15-7-8-16(23-4)17(15)21/h5-6,9,15-17,19,21H,7-8H2,1-4H3/t15-,16-,17-/m1/s1. The van der Waals surface area contributed by atoms with Crippen molar-refractivity contribution in [1.29, 1.82) is 0 Å². The lowest BCUT2D eigenvalue weighted by Crippen LogP contribution is -2.44. The molecular weight excluding hydrogens is 292 g/mol. The third-order valence-corrected chi connectivity index (χ3v) is 5.20. The maximum atomic E-state index is 12.8. The molecule has 23 heavy (non-hydrogen) atoms. The van der Waals surface area contributed by atoms with E-state index in [1.165, 1.54) is 0 Å². The van der Waals surface area contributed by atoms with E-state index in [4.69, 9.17) is 4.74 Å². The van der Waals surface area contributed by atoms with E-state index in [0.29, 0.717) is 5.56 Å². The van der Waals surface area contributed by atoms with Crippen LogP contribution >= 0.6 is 0 Å². The number of aliphatic hydroxyl groups is 1. The van der Waals surface area contributed by atoms with Crippen LogP contribution in [0.3, 0.4) is 0 Å². The number of methoxy groups -OCH3 is 1. The molecule has 3 atom stereocenters. The maximum Gasteiger partial charge on any atom is 0.253 e. The minimum absolute atomic E-state index is 0.0639. The number of rotatable bonds is 3. The van der Waals surface area contributed by atoms with Crippen LogP contribution in [-0.4, -0.2) is 53.3 Å². The lowest BCUT2D eigenvalue weighted by Gasteiger charge is -2.28. The van der Waals surface area contributed by atoms with Crippen LogP contribution in [0.1, 0.15) is 34.5 Å². The minimum Gasteiger partial charge on any atom is -0.388 e. The molecular formula is C18H24N2O3. The van der Waals surface area contributed by atoms with E-state index in [1.807, 2.05) is 25.1 Å². The Bertz CT molecular complexity index is 737. The molecule has 0 unspecified atom stereocenters. The molecule has 1 aromatic heterocycles. The van der Waals surface area contributed by atoms with Crippen LogP contribution in [-0.2, 0) is 4.74 Å². The van der Waals surface area contributed by atoms with Crippen molar-refractivity contribution in [2.75, 3.05) is 14.2 Å². The monoisotopic (exact) mass is 316 g/mol. The third-order valence-electron chi connectivity index (χ3n) is 5.20. The van der Waals surface area contributed by atoms with E-state index >= 15 is 0 Å². The van der Waals surface area contributed by atoms with Gasteiger partial charge >= 0.3 is 0 Å². The van der Waals surface area contributed by atoms with Gasteiger partial charge in [0.25, 0.3) is 5.91 Å². The van der Waals surface area contributed by atoms with Crippen LogP contribution in [0.15, 0.2) is 18.2 Å². The van der Waals surface area contributed by atoms with Crippen LogP contribution in [0.5, 0.6) is 0 Å². The van der Waals surface area contributed by atoms with Crippen molar-refractivity contribution in [1.82, 2.24) is 9.88 Å². The number of likely N-dealkylation sites (N-methyl/N-ethyl adjacent to an activating group) is 1. The first-order valence-corrected chi connectivity index (χ1v) is 8.01. The molecule has 1 heterocycles. The zero-order chi connectivity index (χ0) is 16.7. The summed E-state index contributed by atoms with van der Waals surface area (Å²) in [5.74, 6) is -0.0639. The molecule has 1 saturated carbocycles. The van der Waals surface area contributed by atoms with Gasteiger partial charge in [-0.05, 0) is 50.5 Å². The van der Waals surface area contributed by atoms with Gasteiger partial charge in [0, 0.05) is 36.3 Å². The van der Waals surface area contributed by atoms with Crippen LogP contribution in [0.4, 0.5) is 0 Å². The van der Waals surface area contributed by atoms with E-state index in [1.54, 1.807) is 19.1 Å². The highest BCUT2D eigenvalue weighted by molar-refractivity contribution is 5.99. The number of amides is 1. The van der Waals surface area contributed by atoms with Gasteiger partial charge in [-0.3, -0.25) is 4.79 Å². The van der Waals surface area contributed by atoms with Crippen LogP contribution in [0.25, 0.3) is 10.9 Å². The molecule has 2 aromatic rings. The molecule has 1 aliphatic rings. The van der Waals surface area contributed by atoms with E-state index in [0.717, 1.165) is 35.0 Å². The van der Waals surface area contributed by atoms with Gasteiger partial charge in [-0.15, -0.1) is 0 Å². The van der Waals surface area contributed by atoms with Gasteiger partial charge in [-0.2, -0.15) is 0 Å². The normalized spacial score (nSPS) is 24.3. The average molecular weight is 316 g/mol. The summed E-state index contributed by atoms with van der Waals surface area (Å²) in [5, 5.41) is 11.4. The van der Waals surface area contributed by atoms with Crippen molar-refractivity contribution < 1.29 is 14.6 Å². The Hall–Kier alpha value is -1.85. The summed E-state index contributed by atoms with van der Waals surface area (Å²) in [4.78, 5) is 17.8. The Kier molecular flexibility index (Phi) is 4.17. The number of aliphatic hydroxyl groups excluding tert-OH is 1. The SMILES string of the molecule is CO[C@@H]1CC[C@@H](N(C)C(=O)c2ccc3[nH]c(C)c(C)c3c2)[C@H]1O. The quantitative estimate of drug-likeness (QED) is 0.914. The third kappa shape index (κ3) is 2.64. The van der Waals surface area contributed by atoms with Crippen LogP contribution < -0.4 is 0 Å². The summed E-state index contributed by atoms with van der Waals surface area (Å²) in [6.07, 6.45) is 0.711. The molecule has 1 aliphatic carbocycles. The number of aromatic amines is 1. The van der Waals surface area contributed by atoms with Gasteiger partial charge < -0.3 is 19.7 Å². The highest BCUT2D eigenvalue weighted by Gasteiger charge is 2.39. The number of fused-ring (bicyclic) bond motifs is 1. The van der Waals surface area contributed by atoms with Gasteiger partial charge in [0.15, 0.2) is 0 Å². The van der Waals surface area contributed by atoms with Crippen molar-refractivity contribution >= 4 is 16.8 Å². The first-order valence-electron chi connectivity index (χ1n) is 8.01. The zero-order valence-corrected chi connectivity index (χ0v) is 14.1.